The molecule has 6 nitrogen and oxygen atoms in total. The van der Waals surface area contributed by atoms with E-state index in [0.717, 1.165) is 56.4 Å². The van der Waals surface area contributed by atoms with Crippen molar-refractivity contribution in [2.24, 2.45) is 0 Å². The summed E-state index contributed by atoms with van der Waals surface area (Å²) in [5.41, 5.74) is 2.98. The van der Waals surface area contributed by atoms with E-state index in [2.05, 4.69) is 9.97 Å². The minimum Gasteiger partial charge on any atom is -0.340 e. The van der Waals surface area contributed by atoms with Crippen molar-refractivity contribution >= 4 is 54.9 Å². The molecule has 1 atom stereocenters. The number of fused-ring (bicyclic) bond motifs is 4. The number of carbonyl (C=O) groups is 1. The number of hydrogen-bond donors (Lipinski definition) is 1. The van der Waals surface area contributed by atoms with Gasteiger partial charge in [-0.25, -0.2) is 9.97 Å². The summed E-state index contributed by atoms with van der Waals surface area (Å²) in [6.45, 7) is 0.761. The second-order valence-corrected chi connectivity index (χ2v) is 8.67. The van der Waals surface area contributed by atoms with Gasteiger partial charge in [0.1, 0.15) is 10.7 Å². The number of thiophene rings is 1. The van der Waals surface area contributed by atoms with Crippen LogP contribution in [0.3, 0.4) is 0 Å². The Balaban J connectivity index is 1.37. The highest BCUT2D eigenvalue weighted by Crippen LogP contribution is 2.35. The zero-order chi connectivity index (χ0) is 18.0. The van der Waals surface area contributed by atoms with E-state index in [1.54, 1.807) is 11.3 Å². The lowest BCUT2D eigenvalue weighted by molar-refractivity contribution is 0.0735. The van der Waals surface area contributed by atoms with Gasteiger partial charge in [0, 0.05) is 18.1 Å². The number of carbonyl (C=O) groups excluding carboxylic acids is 1. The summed E-state index contributed by atoms with van der Waals surface area (Å²) in [4.78, 5) is 30.6. The van der Waals surface area contributed by atoms with Gasteiger partial charge in [-0.05, 0) is 31.0 Å². The van der Waals surface area contributed by atoms with E-state index in [1.807, 2.05) is 51.2 Å². The molecule has 1 amide bonds. The van der Waals surface area contributed by atoms with Gasteiger partial charge in [0.05, 0.1) is 27.5 Å². The van der Waals surface area contributed by atoms with Crippen molar-refractivity contribution in [2.75, 3.05) is 6.54 Å². The van der Waals surface area contributed by atoms with Crippen molar-refractivity contribution in [3.63, 3.8) is 0 Å². The van der Waals surface area contributed by atoms with E-state index in [-0.39, 0.29) is 11.9 Å². The van der Waals surface area contributed by atoms with E-state index in [0.29, 0.717) is 0 Å². The van der Waals surface area contributed by atoms with Crippen LogP contribution in [0.2, 0.25) is 0 Å². The van der Waals surface area contributed by atoms with E-state index in [4.69, 9.17) is 4.98 Å². The number of thiazole rings is 1. The monoisotopic (exact) mass is 393 g/mol. The van der Waals surface area contributed by atoms with Crippen LogP contribution in [-0.4, -0.2) is 36.7 Å². The highest BCUT2D eigenvalue weighted by molar-refractivity contribution is 7.21. The second-order valence-electron chi connectivity index (χ2n) is 6.76. The largest absolute Gasteiger partial charge is 0.340 e. The maximum Gasteiger partial charge on any atom is 0.264 e. The van der Waals surface area contributed by atoms with E-state index in [1.165, 1.54) is 11.3 Å². The molecule has 0 unspecified atom stereocenters. The number of aromatic nitrogens is 4. The zero-order valence-electron chi connectivity index (χ0n) is 14.3. The third kappa shape index (κ3) is 2.26. The molecule has 1 aliphatic heterocycles. The molecular formula is C19H15N5OS2. The van der Waals surface area contributed by atoms with Gasteiger partial charge in [0.2, 0.25) is 0 Å². The van der Waals surface area contributed by atoms with Crippen LogP contribution in [0.4, 0.5) is 0 Å². The molecule has 8 heteroatoms. The fourth-order valence-corrected chi connectivity index (χ4v) is 5.68. The van der Waals surface area contributed by atoms with Crippen LogP contribution < -0.4 is 0 Å². The Morgan fingerprint density at radius 2 is 2.19 bits per heavy atom. The fraction of sp³-hybridized carbons (Fsp3) is 0.211. The summed E-state index contributed by atoms with van der Waals surface area (Å²) >= 11 is 3.09. The first kappa shape index (κ1) is 15.4. The van der Waals surface area contributed by atoms with Crippen LogP contribution in [0.25, 0.3) is 26.3 Å². The molecule has 0 bridgehead atoms. The Labute approximate surface area is 162 Å². The molecular weight excluding hydrogens is 378 g/mol. The molecule has 1 aliphatic rings. The predicted molar refractivity (Wildman–Crippen MR) is 108 cm³/mol. The molecule has 27 heavy (non-hydrogen) atoms. The van der Waals surface area contributed by atoms with Crippen molar-refractivity contribution in [3.8, 4) is 0 Å². The number of nitrogens with one attached hydrogen (secondary N) is 1. The Morgan fingerprint density at radius 3 is 3.11 bits per heavy atom. The highest BCUT2D eigenvalue weighted by Gasteiger charge is 2.33. The summed E-state index contributed by atoms with van der Waals surface area (Å²) in [5, 5.41) is 2.01. The first-order chi connectivity index (χ1) is 13.3. The SMILES string of the molecule is O=C(c1cc2c(nc3sccn32)s1)N1CCC[C@@H]1c1nc2ccccc2[nH]1. The van der Waals surface area contributed by atoms with Crippen LogP contribution in [0, 0.1) is 0 Å². The molecule has 0 spiro atoms. The van der Waals surface area contributed by atoms with Crippen LogP contribution in [0.1, 0.15) is 34.4 Å². The molecule has 0 saturated carbocycles. The maximum absolute atomic E-state index is 13.2. The quantitative estimate of drug-likeness (QED) is 0.481. The van der Waals surface area contributed by atoms with Crippen LogP contribution >= 0.6 is 22.7 Å². The Kier molecular flexibility index (Phi) is 3.21. The lowest BCUT2D eigenvalue weighted by Gasteiger charge is -2.22. The van der Waals surface area contributed by atoms with Gasteiger partial charge in [0.15, 0.2) is 4.96 Å². The predicted octanol–water partition coefficient (Wildman–Crippen LogP) is 4.46. The lowest BCUT2D eigenvalue weighted by Crippen LogP contribution is -2.30. The standard InChI is InChI=1S/C19H15N5OS2/c25-18(15-10-14-17(27-15)22-19-24(14)8-9-26-19)23-7-3-6-13(23)16-20-11-4-1-2-5-12(11)21-16/h1-2,4-5,8-10,13H,3,6-7H2,(H,20,21)/t13-/m1/s1. The number of amides is 1. The number of rotatable bonds is 2. The third-order valence-corrected chi connectivity index (χ3v) is 6.95. The first-order valence-electron chi connectivity index (χ1n) is 8.89. The molecule has 1 fully saturated rings. The fourth-order valence-electron chi connectivity index (χ4n) is 3.92. The van der Waals surface area contributed by atoms with Crippen LogP contribution in [0.15, 0.2) is 41.9 Å². The molecule has 134 valence electrons. The van der Waals surface area contributed by atoms with Gasteiger partial charge in [-0.15, -0.1) is 22.7 Å². The number of nitrogens with zero attached hydrogens (tertiary/aromatic N) is 4. The Hall–Kier alpha value is -2.71. The van der Waals surface area contributed by atoms with E-state index >= 15 is 0 Å². The normalized spacial score (nSPS) is 17.6. The molecule has 1 N–H and O–H groups in total. The van der Waals surface area contributed by atoms with Crippen LogP contribution in [-0.2, 0) is 0 Å². The molecule has 1 aromatic carbocycles. The molecule has 5 aromatic rings. The first-order valence-corrected chi connectivity index (χ1v) is 10.6. The van der Waals surface area contributed by atoms with Crippen molar-refractivity contribution in [3.05, 3.63) is 52.6 Å². The number of hydrogen-bond acceptors (Lipinski definition) is 5. The van der Waals surface area contributed by atoms with Gasteiger partial charge >= 0.3 is 0 Å². The Bertz CT molecular complexity index is 1280. The molecule has 6 rings (SSSR count). The number of imidazole rings is 2. The Morgan fingerprint density at radius 1 is 1.26 bits per heavy atom. The molecule has 5 heterocycles. The van der Waals surface area contributed by atoms with Gasteiger partial charge in [-0.1, -0.05) is 12.1 Å². The van der Waals surface area contributed by atoms with Gasteiger partial charge in [-0.2, -0.15) is 0 Å². The van der Waals surface area contributed by atoms with E-state index in [9.17, 15) is 4.79 Å². The van der Waals surface area contributed by atoms with Crippen molar-refractivity contribution < 1.29 is 4.79 Å². The number of likely N-dealkylation sites (tertiary alicyclic amines) is 1. The summed E-state index contributed by atoms with van der Waals surface area (Å²) in [6, 6.07) is 9.98. The molecule has 0 radical (unpaired) electrons. The summed E-state index contributed by atoms with van der Waals surface area (Å²) in [6.07, 6.45) is 3.93. The van der Waals surface area contributed by atoms with Gasteiger partial charge < -0.3 is 9.88 Å². The smallest absolute Gasteiger partial charge is 0.264 e. The second kappa shape index (κ2) is 5.64. The zero-order valence-corrected chi connectivity index (χ0v) is 15.9. The molecule has 0 aliphatic carbocycles. The van der Waals surface area contributed by atoms with Crippen LogP contribution in [0.5, 0.6) is 0 Å². The summed E-state index contributed by atoms with van der Waals surface area (Å²) in [5.74, 6) is 0.954. The van der Waals surface area contributed by atoms with Gasteiger partial charge in [-0.3, -0.25) is 9.20 Å². The lowest BCUT2D eigenvalue weighted by atomic mass is 10.2. The maximum atomic E-state index is 13.2. The minimum atomic E-state index is 0.00291. The van der Waals surface area contributed by atoms with Crippen molar-refractivity contribution in [2.45, 2.75) is 18.9 Å². The summed E-state index contributed by atoms with van der Waals surface area (Å²) in [7, 11) is 0. The summed E-state index contributed by atoms with van der Waals surface area (Å²) < 4.78 is 2.05. The highest BCUT2D eigenvalue weighted by atomic mass is 32.1. The minimum absolute atomic E-state index is 0.00291. The van der Waals surface area contributed by atoms with Crippen molar-refractivity contribution in [1.82, 2.24) is 24.3 Å². The molecule has 1 saturated heterocycles. The number of para-hydroxylation sites is 2. The number of H-pyrrole nitrogens is 1. The average molecular weight is 393 g/mol. The average Bonchev–Trinajstić information content (AvgIpc) is 3.45. The number of aromatic amines is 1. The van der Waals surface area contributed by atoms with Gasteiger partial charge in [0.25, 0.3) is 5.91 Å². The van der Waals surface area contributed by atoms with E-state index < -0.39 is 0 Å². The number of benzene rings is 1. The third-order valence-electron chi connectivity index (χ3n) is 5.19. The van der Waals surface area contributed by atoms with Crippen molar-refractivity contribution in [1.29, 1.82) is 0 Å². The topological polar surface area (TPSA) is 66.3 Å². The molecule has 4 aromatic heterocycles.